The molecule has 0 spiro atoms. The lowest BCUT2D eigenvalue weighted by Crippen LogP contribution is -1.86. The number of hydrogen-bond acceptors (Lipinski definition) is 5. The van der Waals surface area contributed by atoms with E-state index in [1.165, 1.54) is 50.3 Å². The Bertz CT molecular complexity index is 485. The molecular weight excluding hydrogens is 286 g/mol. The summed E-state index contributed by atoms with van der Waals surface area (Å²) in [6, 6.07) is 3.98. The molecule has 0 atom stereocenters. The third kappa shape index (κ3) is 4.87. The van der Waals surface area contributed by atoms with Gasteiger partial charge in [0.1, 0.15) is 10.7 Å². The molecule has 0 fully saturated rings. The molecule has 0 saturated carbocycles. The monoisotopic (exact) mass is 307 g/mol. The summed E-state index contributed by atoms with van der Waals surface area (Å²) in [5.41, 5.74) is 2.05. The van der Waals surface area contributed by atoms with Gasteiger partial charge < -0.3 is 0 Å². The third-order valence-corrected chi connectivity index (χ3v) is 4.82. The van der Waals surface area contributed by atoms with Crippen LogP contribution in [0.5, 0.6) is 0 Å². The Hall–Kier alpha value is -0.940. The zero-order valence-electron chi connectivity index (χ0n) is 11.9. The number of unbranched alkanes of at least 4 members (excludes halogenated alkanes) is 5. The smallest absolute Gasteiger partial charge is 0.138 e. The highest BCUT2D eigenvalue weighted by molar-refractivity contribution is 7.99. The van der Waals surface area contributed by atoms with Gasteiger partial charge in [-0.3, -0.25) is 4.98 Å². The predicted octanol–water partition coefficient (Wildman–Crippen LogP) is 5.05. The van der Waals surface area contributed by atoms with Crippen molar-refractivity contribution in [1.82, 2.24) is 13.7 Å². The van der Waals surface area contributed by atoms with Gasteiger partial charge in [0.2, 0.25) is 0 Å². The van der Waals surface area contributed by atoms with E-state index in [1.807, 2.05) is 30.1 Å². The van der Waals surface area contributed by atoms with Crippen molar-refractivity contribution in [1.29, 1.82) is 0 Å². The van der Waals surface area contributed by atoms with Crippen LogP contribution in [-0.4, -0.2) is 19.5 Å². The zero-order valence-corrected chi connectivity index (χ0v) is 13.6. The molecule has 2 heterocycles. The van der Waals surface area contributed by atoms with Crippen molar-refractivity contribution >= 4 is 23.5 Å². The quantitative estimate of drug-likeness (QED) is 0.480. The van der Waals surface area contributed by atoms with Crippen LogP contribution in [0.2, 0.25) is 0 Å². The van der Waals surface area contributed by atoms with Crippen molar-refractivity contribution in [3.8, 4) is 11.3 Å². The summed E-state index contributed by atoms with van der Waals surface area (Å²) in [6.07, 6.45) is 11.6. The van der Waals surface area contributed by atoms with Gasteiger partial charge in [-0.2, -0.15) is 8.75 Å². The number of pyridine rings is 1. The van der Waals surface area contributed by atoms with Gasteiger partial charge in [0.05, 0.1) is 11.7 Å². The van der Waals surface area contributed by atoms with E-state index in [0.717, 1.165) is 22.0 Å². The molecule has 5 heteroatoms. The van der Waals surface area contributed by atoms with Crippen LogP contribution in [0.15, 0.2) is 29.6 Å². The highest BCUT2D eigenvalue weighted by Gasteiger charge is 2.10. The Morgan fingerprint density at radius 2 is 1.95 bits per heavy atom. The summed E-state index contributed by atoms with van der Waals surface area (Å²) < 4.78 is 8.80. The van der Waals surface area contributed by atoms with Crippen molar-refractivity contribution in [2.75, 3.05) is 5.75 Å². The minimum absolute atomic E-state index is 0.985. The SMILES string of the molecule is CCCCCCCCSc1nsnc1-c1cccnc1. The van der Waals surface area contributed by atoms with E-state index in [-0.39, 0.29) is 0 Å². The Labute approximate surface area is 129 Å². The molecule has 2 rings (SSSR count). The van der Waals surface area contributed by atoms with Crippen LogP contribution < -0.4 is 0 Å². The van der Waals surface area contributed by atoms with Crippen LogP contribution in [0, 0.1) is 0 Å². The maximum atomic E-state index is 4.41. The topological polar surface area (TPSA) is 38.7 Å². The van der Waals surface area contributed by atoms with Gasteiger partial charge in [0.25, 0.3) is 0 Å². The van der Waals surface area contributed by atoms with Crippen molar-refractivity contribution in [3.05, 3.63) is 24.5 Å². The van der Waals surface area contributed by atoms with E-state index in [0.29, 0.717) is 0 Å². The normalized spacial score (nSPS) is 10.8. The Morgan fingerprint density at radius 3 is 2.75 bits per heavy atom. The molecule has 0 N–H and O–H groups in total. The van der Waals surface area contributed by atoms with Crippen LogP contribution in [-0.2, 0) is 0 Å². The first-order valence-corrected chi connectivity index (χ1v) is 8.99. The fraction of sp³-hybridized carbons (Fsp3) is 0.533. The van der Waals surface area contributed by atoms with Crippen molar-refractivity contribution < 1.29 is 0 Å². The maximum Gasteiger partial charge on any atom is 0.138 e. The standard InChI is InChI=1S/C15H21N3S2/c1-2-3-4-5-6-7-11-19-15-14(17-20-18-15)13-9-8-10-16-12-13/h8-10,12H,2-7,11H2,1H3. The predicted molar refractivity (Wildman–Crippen MR) is 87.2 cm³/mol. The molecule has 0 aromatic carbocycles. The Kier molecular flexibility index (Phi) is 7.01. The number of rotatable bonds is 9. The molecule has 20 heavy (non-hydrogen) atoms. The molecule has 3 nitrogen and oxygen atoms in total. The number of nitrogens with zero attached hydrogens (tertiary/aromatic N) is 3. The molecule has 0 amide bonds. The third-order valence-electron chi connectivity index (χ3n) is 3.13. The minimum atomic E-state index is 0.985. The van der Waals surface area contributed by atoms with Gasteiger partial charge in [0.15, 0.2) is 0 Å². The molecule has 0 aliphatic carbocycles. The van der Waals surface area contributed by atoms with Crippen molar-refractivity contribution in [2.24, 2.45) is 0 Å². The van der Waals surface area contributed by atoms with E-state index in [2.05, 4.69) is 20.7 Å². The van der Waals surface area contributed by atoms with Crippen LogP contribution in [0.25, 0.3) is 11.3 Å². The largest absolute Gasteiger partial charge is 0.264 e. The van der Waals surface area contributed by atoms with E-state index < -0.39 is 0 Å². The Morgan fingerprint density at radius 1 is 1.10 bits per heavy atom. The summed E-state index contributed by atoms with van der Waals surface area (Å²) in [5.74, 6) is 1.13. The molecular formula is C15H21N3S2. The molecule has 2 aromatic heterocycles. The van der Waals surface area contributed by atoms with Crippen LogP contribution in [0.1, 0.15) is 45.4 Å². The lowest BCUT2D eigenvalue weighted by molar-refractivity contribution is 0.627. The summed E-state index contributed by atoms with van der Waals surface area (Å²) in [6.45, 7) is 2.26. The molecule has 0 unspecified atom stereocenters. The lowest BCUT2D eigenvalue weighted by atomic mass is 10.1. The fourth-order valence-corrected chi connectivity index (χ4v) is 3.69. The summed E-state index contributed by atoms with van der Waals surface area (Å²) in [5, 5.41) is 1.05. The average molecular weight is 307 g/mol. The highest BCUT2D eigenvalue weighted by Crippen LogP contribution is 2.29. The maximum absolute atomic E-state index is 4.41. The van der Waals surface area contributed by atoms with E-state index >= 15 is 0 Å². The molecule has 108 valence electrons. The molecule has 0 radical (unpaired) electrons. The highest BCUT2D eigenvalue weighted by atomic mass is 32.2. The molecule has 0 aliphatic rings. The second kappa shape index (κ2) is 9.08. The van der Waals surface area contributed by atoms with E-state index in [9.17, 15) is 0 Å². The second-order valence-electron chi connectivity index (χ2n) is 4.78. The van der Waals surface area contributed by atoms with Crippen molar-refractivity contribution in [3.63, 3.8) is 0 Å². The van der Waals surface area contributed by atoms with Crippen molar-refractivity contribution in [2.45, 2.75) is 50.5 Å². The van der Waals surface area contributed by atoms with Crippen LogP contribution in [0.4, 0.5) is 0 Å². The van der Waals surface area contributed by atoms with Gasteiger partial charge in [-0.15, -0.1) is 11.8 Å². The van der Waals surface area contributed by atoms with E-state index in [4.69, 9.17) is 0 Å². The first-order chi connectivity index (χ1) is 9.92. The average Bonchev–Trinajstić information content (AvgIpc) is 2.96. The van der Waals surface area contributed by atoms with Gasteiger partial charge in [-0.25, -0.2) is 0 Å². The number of aromatic nitrogens is 3. The molecule has 0 bridgehead atoms. The fourth-order valence-electron chi connectivity index (χ4n) is 2.01. The van der Waals surface area contributed by atoms with Gasteiger partial charge in [0, 0.05) is 18.0 Å². The zero-order chi connectivity index (χ0) is 14.0. The van der Waals surface area contributed by atoms with Crippen LogP contribution in [0.3, 0.4) is 0 Å². The van der Waals surface area contributed by atoms with Gasteiger partial charge >= 0.3 is 0 Å². The minimum Gasteiger partial charge on any atom is -0.264 e. The molecule has 0 saturated heterocycles. The first-order valence-electron chi connectivity index (χ1n) is 7.27. The number of thioether (sulfide) groups is 1. The van der Waals surface area contributed by atoms with Gasteiger partial charge in [-0.1, -0.05) is 39.0 Å². The van der Waals surface area contributed by atoms with Crippen LogP contribution >= 0.6 is 23.5 Å². The summed E-state index contributed by atoms with van der Waals surface area (Å²) in [7, 11) is 0. The van der Waals surface area contributed by atoms with E-state index in [1.54, 1.807) is 6.20 Å². The first kappa shape index (κ1) is 15.4. The van der Waals surface area contributed by atoms with Gasteiger partial charge in [-0.05, 0) is 24.3 Å². The molecule has 2 aromatic rings. The number of hydrogen-bond donors (Lipinski definition) is 0. The Balaban J connectivity index is 1.76. The lowest BCUT2D eigenvalue weighted by Gasteiger charge is -2.02. The summed E-state index contributed by atoms with van der Waals surface area (Å²) in [4.78, 5) is 4.15. The molecule has 0 aliphatic heterocycles. The second-order valence-corrected chi connectivity index (χ2v) is 6.39. The summed E-state index contributed by atoms with van der Waals surface area (Å²) >= 11 is 3.11.